The summed E-state index contributed by atoms with van der Waals surface area (Å²) in [5.74, 6) is 1.39. The van der Waals surface area contributed by atoms with Crippen molar-refractivity contribution >= 4 is 57.4 Å². The lowest BCUT2D eigenvalue weighted by atomic mass is 9.92. The first kappa shape index (κ1) is 41.9. The number of hydrogen-bond acceptors (Lipinski definition) is 9. The van der Waals surface area contributed by atoms with Gasteiger partial charge in [0.15, 0.2) is 0 Å². The molecule has 0 unspecified atom stereocenters. The maximum absolute atomic E-state index is 14.0. The Kier molecular flexibility index (Phi) is 11.4. The number of halogens is 1. The van der Waals surface area contributed by atoms with E-state index in [4.69, 9.17) is 35.8 Å². The molecule has 0 saturated carbocycles. The number of ether oxygens (including phenoxy) is 3. The van der Waals surface area contributed by atoms with Gasteiger partial charge in [0.05, 0.1) is 37.3 Å². The van der Waals surface area contributed by atoms with Gasteiger partial charge in [0.25, 0.3) is 0 Å². The van der Waals surface area contributed by atoms with Gasteiger partial charge in [0.2, 0.25) is 11.8 Å². The number of alkyl carbamates (subject to hydrolysis) is 2. The Morgan fingerprint density at radius 3 is 1.93 bits per heavy atom. The zero-order valence-electron chi connectivity index (χ0n) is 35.7. The van der Waals surface area contributed by atoms with E-state index in [0.29, 0.717) is 35.5 Å². The smallest absolute Gasteiger partial charge is 0.407 e. The van der Waals surface area contributed by atoms with Crippen LogP contribution >= 0.6 is 11.6 Å². The zero-order valence-corrected chi connectivity index (χ0v) is 36.5. The van der Waals surface area contributed by atoms with Gasteiger partial charge in [-0.05, 0) is 92.1 Å². The normalized spacial score (nSPS) is 20.7. The average molecular weight is 853 g/mol. The molecule has 2 saturated heterocycles. The van der Waals surface area contributed by atoms with Crippen LogP contribution in [0, 0.1) is 11.8 Å². The number of benzene rings is 3. The number of H-pyrrole nitrogens is 2. The summed E-state index contributed by atoms with van der Waals surface area (Å²) in [6.45, 7) is 11.9. The molecule has 3 aliphatic rings. The highest BCUT2D eigenvalue weighted by Gasteiger charge is 2.43. The van der Waals surface area contributed by atoms with Gasteiger partial charge in [0, 0.05) is 28.6 Å². The number of aromatic amines is 2. The lowest BCUT2D eigenvalue weighted by molar-refractivity contribution is -0.138. The standard InChI is InChI=1S/C45H53ClN8O7/c1-21(2)35(50-44(57)59-7)42(55)53-23(5)9-15-32(53)40-47-31-14-12-25-18-30-28-13-11-26(17-27(28)20-61-34(30)19-29(25)38(31)49-40)37-39(46)52-41(48-37)33-16-10-24(6)54(33)43(56)36(22(3)4)51-45(58)60-8/h11-14,17-19,21-24,32-33,35-36H,9-10,15-16,20H2,1-8H3,(H,47,49)(H,48,52)(H,50,57)(H,51,58)/t23-,24-,32-,33-,35-,36-/m0/s1. The largest absolute Gasteiger partial charge is 0.488 e. The number of likely N-dealkylation sites (tertiary alicyclic amines) is 2. The zero-order chi connectivity index (χ0) is 43.4. The number of nitrogens with zero attached hydrogens (tertiary/aromatic N) is 4. The van der Waals surface area contributed by atoms with Gasteiger partial charge in [-0.2, -0.15) is 0 Å². The number of imidazole rings is 2. The molecule has 16 heteroatoms. The summed E-state index contributed by atoms with van der Waals surface area (Å²) in [4.78, 5) is 72.7. The molecule has 4 N–H and O–H groups in total. The Bertz CT molecular complexity index is 2530. The lowest BCUT2D eigenvalue weighted by Crippen LogP contribution is -2.52. The molecule has 0 bridgehead atoms. The van der Waals surface area contributed by atoms with Gasteiger partial charge < -0.3 is 44.6 Å². The van der Waals surface area contributed by atoms with Crippen LogP contribution in [0.2, 0.25) is 5.15 Å². The molecule has 4 amide bonds. The number of methoxy groups -OCH3 is 2. The van der Waals surface area contributed by atoms with Crippen LogP contribution in [0.25, 0.3) is 44.2 Å². The molecule has 5 heterocycles. The minimum absolute atomic E-state index is 0.0340. The molecule has 61 heavy (non-hydrogen) atoms. The van der Waals surface area contributed by atoms with E-state index in [1.807, 2.05) is 70.7 Å². The minimum Gasteiger partial charge on any atom is -0.488 e. The maximum atomic E-state index is 14.0. The van der Waals surface area contributed by atoms with E-state index in [1.165, 1.54) is 14.2 Å². The van der Waals surface area contributed by atoms with Crippen LogP contribution in [0.1, 0.15) is 96.5 Å². The fourth-order valence-corrected chi connectivity index (χ4v) is 9.54. The van der Waals surface area contributed by atoms with E-state index in [1.54, 1.807) is 4.90 Å². The third-order valence-corrected chi connectivity index (χ3v) is 12.9. The maximum Gasteiger partial charge on any atom is 0.407 e. The molecule has 8 rings (SSSR count). The van der Waals surface area contributed by atoms with Crippen molar-refractivity contribution in [1.29, 1.82) is 0 Å². The lowest BCUT2D eigenvalue weighted by Gasteiger charge is -2.32. The first-order valence-electron chi connectivity index (χ1n) is 21.0. The summed E-state index contributed by atoms with van der Waals surface area (Å²) in [6, 6.07) is 12.2. The SMILES string of the molecule is COC(=O)N[C@H](C(=O)N1[C@@H](C)CC[C@H]1c1nc(-c2ccc3c(c2)COc2cc4c(ccc5[nH]c([C@@H]6CC[C@H](C)N6C(=O)[C@@H](NC(=O)OC)C(C)C)nc54)cc2-3)c(Cl)[nH]1)C(C)C. The van der Waals surface area contributed by atoms with Crippen LogP contribution in [0.5, 0.6) is 5.75 Å². The van der Waals surface area contributed by atoms with Crippen LogP contribution in [0.3, 0.4) is 0 Å². The van der Waals surface area contributed by atoms with Gasteiger partial charge in [-0.3, -0.25) is 9.59 Å². The summed E-state index contributed by atoms with van der Waals surface area (Å²) < 4.78 is 16.0. The second-order valence-electron chi connectivity index (χ2n) is 17.2. The van der Waals surface area contributed by atoms with Crippen LogP contribution in [-0.2, 0) is 25.7 Å². The fraction of sp³-hybridized carbons (Fsp3) is 0.467. The summed E-state index contributed by atoms with van der Waals surface area (Å²) >= 11 is 6.85. The highest BCUT2D eigenvalue weighted by Crippen LogP contribution is 2.45. The number of fused-ring (bicyclic) bond motifs is 6. The summed E-state index contributed by atoms with van der Waals surface area (Å²) in [6.07, 6.45) is 1.73. The summed E-state index contributed by atoms with van der Waals surface area (Å²) in [5.41, 5.74) is 6.02. The third-order valence-electron chi connectivity index (χ3n) is 12.6. The molecule has 0 radical (unpaired) electrons. The fourth-order valence-electron chi connectivity index (χ4n) is 9.30. The predicted octanol–water partition coefficient (Wildman–Crippen LogP) is 8.18. The van der Waals surface area contributed by atoms with Crippen molar-refractivity contribution in [3.63, 3.8) is 0 Å². The Morgan fingerprint density at radius 1 is 0.770 bits per heavy atom. The first-order valence-corrected chi connectivity index (χ1v) is 21.4. The molecule has 3 aliphatic heterocycles. The molecule has 0 spiro atoms. The third kappa shape index (κ3) is 7.61. The number of nitrogens with one attached hydrogen (secondary N) is 4. The Labute approximate surface area is 359 Å². The van der Waals surface area contributed by atoms with Crippen LogP contribution in [-0.4, -0.2) is 92.1 Å². The average Bonchev–Trinajstić information content (AvgIpc) is 4.04. The van der Waals surface area contributed by atoms with E-state index in [-0.39, 0.29) is 47.8 Å². The van der Waals surface area contributed by atoms with Crippen molar-refractivity contribution in [2.24, 2.45) is 11.8 Å². The summed E-state index contributed by atoms with van der Waals surface area (Å²) in [7, 11) is 2.57. The molecule has 5 aromatic rings. The minimum atomic E-state index is -0.755. The van der Waals surface area contributed by atoms with E-state index < -0.39 is 24.3 Å². The van der Waals surface area contributed by atoms with Crippen LogP contribution in [0.4, 0.5) is 9.59 Å². The molecule has 0 aliphatic carbocycles. The van der Waals surface area contributed by atoms with Crippen molar-refractivity contribution in [1.82, 2.24) is 40.4 Å². The topological polar surface area (TPSA) is 184 Å². The Morgan fingerprint density at radius 2 is 1.36 bits per heavy atom. The van der Waals surface area contributed by atoms with Crippen LogP contribution in [0.15, 0.2) is 42.5 Å². The number of amides is 4. The van der Waals surface area contributed by atoms with Gasteiger partial charge in [-0.25, -0.2) is 19.6 Å². The monoisotopic (exact) mass is 852 g/mol. The highest BCUT2D eigenvalue weighted by atomic mass is 35.5. The van der Waals surface area contributed by atoms with E-state index >= 15 is 0 Å². The molecule has 2 aromatic heterocycles. The van der Waals surface area contributed by atoms with Gasteiger partial charge in [0.1, 0.15) is 46.9 Å². The number of carbonyl (C=O) groups excluding carboxylic acids is 4. The van der Waals surface area contributed by atoms with E-state index in [0.717, 1.165) is 69.1 Å². The van der Waals surface area contributed by atoms with E-state index in [9.17, 15) is 19.2 Å². The molecule has 322 valence electrons. The Balaban J connectivity index is 1.06. The van der Waals surface area contributed by atoms with Gasteiger partial charge in [-0.15, -0.1) is 0 Å². The number of rotatable bonds is 9. The van der Waals surface area contributed by atoms with E-state index in [2.05, 4.69) is 38.8 Å². The van der Waals surface area contributed by atoms with Crippen molar-refractivity contribution < 1.29 is 33.4 Å². The molecule has 2 fully saturated rings. The van der Waals surface area contributed by atoms with Gasteiger partial charge >= 0.3 is 12.2 Å². The molecule has 3 aromatic carbocycles. The molecule has 15 nitrogen and oxygen atoms in total. The first-order chi connectivity index (χ1) is 29.2. The number of hydrogen-bond donors (Lipinski definition) is 4. The highest BCUT2D eigenvalue weighted by molar-refractivity contribution is 6.32. The molecular formula is C45H53ClN8O7. The molecular weight excluding hydrogens is 800 g/mol. The van der Waals surface area contributed by atoms with Crippen molar-refractivity contribution in [3.8, 4) is 28.1 Å². The number of aromatic nitrogens is 4. The summed E-state index contributed by atoms with van der Waals surface area (Å²) in [5, 5.41) is 7.74. The van der Waals surface area contributed by atoms with Gasteiger partial charge in [-0.1, -0.05) is 57.5 Å². The molecule has 6 atom stereocenters. The predicted molar refractivity (Wildman–Crippen MR) is 231 cm³/mol. The van der Waals surface area contributed by atoms with Crippen molar-refractivity contribution in [2.45, 2.75) is 110 Å². The van der Waals surface area contributed by atoms with Crippen molar-refractivity contribution in [3.05, 3.63) is 64.8 Å². The number of carbonyl (C=O) groups is 4. The second kappa shape index (κ2) is 16.6. The second-order valence-corrected chi connectivity index (χ2v) is 17.6. The quantitative estimate of drug-likeness (QED) is 0.114. The van der Waals surface area contributed by atoms with Crippen molar-refractivity contribution in [2.75, 3.05) is 14.2 Å². The van der Waals surface area contributed by atoms with Crippen LogP contribution < -0.4 is 15.4 Å². The Hall–Kier alpha value is -5.83.